The summed E-state index contributed by atoms with van der Waals surface area (Å²) in [6, 6.07) is 8.26. The number of thiophene rings is 1. The molecule has 0 aliphatic heterocycles. The van der Waals surface area contributed by atoms with E-state index >= 15 is 0 Å². The van der Waals surface area contributed by atoms with Gasteiger partial charge in [-0.05, 0) is 50.4 Å². The minimum Gasteiger partial charge on any atom is -0.316 e. The standard InChI is InChI=1S/C21H19F3N6OS/c1-20(2,3)29-12-14(11-25-29)26-19(31)17-27-18(16-8-5-9-32-16)30(28-17)15-7-4-6-13(10-15)21(22,23)24/h4-12H,1-3H3,(H,26,31). The molecule has 1 amide bonds. The minimum absolute atomic E-state index is 0.148. The van der Waals surface area contributed by atoms with Crippen molar-refractivity contribution >= 4 is 22.9 Å². The number of hydrogen-bond donors (Lipinski definition) is 1. The van der Waals surface area contributed by atoms with Crippen molar-refractivity contribution in [3.8, 4) is 16.4 Å². The van der Waals surface area contributed by atoms with E-state index in [1.54, 1.807) is 28.4 Å². The van der Waals surface area contributed by atoms with Crippen molar-refractivity contribution in [3.63, 3.8) is 0 Å². The third-order valence-electron chi connectivity index (χ3n) is 4.50. The van der Waals surface area contributed by atoms with Crippen molar-refractivity contribution in [2.24, 2.45) is 0 Å². The number of nitrogens with zero attached hydrogens (tertiary/aromatic N) is 5. The van der Waals surface area contributed by atoms with Gasteiger partial charge in [0.1, 0.15) is 0 Å². The van der Waals surface area contributed by atoms with Crippen LogP contribution in [0, 0.1) is 0 Å². The van der Waals surface area contributed by atoms with Gasteiger partial charge in [0.05, 0.1) is 33.6 Å². The first kappa shape index (κ1) is 21.8. The van der Waals surface area contributed by atoms with Crippen LogP contribution in [0.4, 0.5) is 18.9 Å². The number of hydrogen-bond acceptors (Lipinski definition) is 5. The second-order valence-corrected chi connectivity index (χ2v) is 8.94. The van der Waals surface area contributed by atoms with Crippen LogP contribution in [0.3, 0.4) is 0 Å². The number of aromatic nitrogens is 5. The quantitative estimate of drug-likeness (QED) is 0.453. The molecule has 0 saturated carbocycles. The van der Waals surface area contributed by atoms with Gasteiger partial charge in [-0.2, -0.15) is 18.3 Å². The Kier molecular flexibility index (Phi) is 5.37. The first-order chi connectivity index (χ1) is 15.0. The van der Waals surface area contributed by atoms with Gasteiger partial charge in [-0.15, -0.1) is 16.4 Å². The molecule has 3 heterocycles. The van der Waals surface area contributed by atoms with Crippen LogP contribution in [0.5, 0.6) is 0 Å². The van der Waals surface area contributed by atoms with E-state index < -0.39 is 17.6 Å². The molecule has 0 unspecified atom stereocenters. The third-order valence-corrected chi connectivity index (χ3v) is 5.36. The van der Waals surface area contributed by atoms with Crippen LogP contribution >= 0.6 is 11.3 Å². The van der Waals surface area contributed by atoms with Crippen LogP contribution in [0.1, 0.15) is 37.0 Å². The molecular weight excluding hydrogens is 441 g/mol. The molecule has 166 valence electrons. The summed E-state index contributed by atoms with van der Waals surface area (Å²) < 4.78 is 42.6. The number of alkyl halides is 3. The molecule has 4 rings (SSSR count). The van der Waals surface area contributed by atoms with Crippen molar-refractivity contribution in [3.05, 3.63) is 65.6 Å². The lowest BCUT2D eigenvalue weighted by atomic mass is 10.1. The smallest absolute Gasteiger partial charge is 0.316 e. The summed E-state index contributed by atoms with van der Waals surface area (Å²) >= 11 is 1.34. The highest BCUT2D eigenvalue weighted by atomic mass is 32.1. The molecule has 0 spiro atoms. The van der Waals surface area contributed by atoms with Crippen LogP contribution in [-0.2, 0) is 11.7 Å². The molecule has 0 saturated heterocycles. The molecule has 1 N–H and O–H groups in total. The fraction of sp³-hybridized carbons (Fsp3) is 0.238. The minimum atomic E-state index is -4.51. The van der Waals surface area contributed by atoms with Crippen LogP contribution in [0.2, 0.25) is 0 Å². The van der Waals surface area contributed by atoms with Crippen molar-refractivity contribution in [2.45, 2.75) is 32.5 Å². The Labute approximate surface area is 185 Å². The maximum atomic E-state index is 13.2. The number of carbonyl (C=O) groups excluding carboxylic acids is 1. The number of rotatable bonds is 4. The SMILES string of the molecule is CC(C)(C)n1cc(NC(=O)c2nc(-c3cccs3)n(-c3cccc(C(F)(F)F)c3)n2)cn1. The monoisotopic (exact) mass is 460 g/mol. The van der Waals surface area contributed by atoms with E-state index in [1.807, 2.05) is 20.8 Å². The van der Waals surface area contributed by atoms with Gasteiger partial charge in [0, 0.05) is 6.20 Å². The van der Waals surface area contributed by atoms with Crippen LogP contribution in [0.25, 0.3) is 16.4 Å². The van der Waals surface area contributed by atoms with E-state index in [1.165, 1.54) is 34.3 Å². The summed E-state index contributed by atoms with van der Waals surface area (Å²) in [7, 11) is 0. The largest absolute Gasteiger partial charge is 0.416 e. The number of halogens is 3. The molecule has 0 aliphatic carbocycles. The number of nitrogens with one attached hydrogen (secondary N) is 1. The highest BCUT2D eigenvalue weighted by Crippen LogP contribution is 2.32. The fourth-order valence-corrected chi connectivity index (χ4v) is 3.61. The van der Waals surface area contributed by atoms with Crippen LogP contribution in [0.15, 0.2) is 54.2 Å². The van der Waals surface area contributed by atoms with Crippen LogP contribution < -0.4 is 5.32 Å². The summed E-state index contributed by atoms with van der Waals surface area (Å²) in [5.41, 5.74) is -0.477. The van der Waals surface area contributed by atoms with E-state index in [0.29, 0.717) is 10.6 Å². The molecule has 0 aliphatic rings. The average molecular weight is 460 g/mol. The Bertz CT molecular complexity index is 1250. The molecule has 7 nitrogen and oxygen atoms in total. The summed E-state index contributed by atoms with van der Waals surface area (Å²) in [6.07, 6.45) is -1.32. The van der Waals surface area contributed by atoms with Gasteiger partial charge in [0.2, 0.25) is 5.82 Å². The Hall–Kier alpha value is -3.47. The Morgan fingerprint density at radius 3 is 2.53 bits per heavy atom. The Balaban J connectivity index is 1.71. The summed E-state index contributed by atoms with van der Waals surface area (Å²) in [5, 5.41) is 12.9. The van der Waals surface area contributed by atoms with E-state index in [9.17, 15) is 18.0 Å². The zero-order valence-electron chi connectivity index (χ0n) is 17.4. The van der Waals surface area contributed by atoms with E-state index in [2.05, 4.69) is 20.5 Å². The van der Waals surface area contributed by atoms with Crippen molar-refractivity contribution in [1.29, 1.82) is 0 Å². The second-order valence-electron chi connectivity index (χ2n) is 7.99. The predicted molar refractivity (Wildman–Crippen MR) is 115 cm³/mol. The van der Waals surface area contributed by atoms with Gasteiger partial charge in [-0.25, -0.2) is 9.67 Å². The Morgan fingerprint density at radius 2 is 1.91 bits per heavy atom. The molecule has 0 fully saturated rings. The fourth-order valence-electron chi connectivity index (χ4n) is 2.91. The maximum Gasteiger partial charge on any atom is 0.416 e. The first-order valence-electron chi connectivity index (χ1n) is 9.57. The second kappa shape index (κ2) is 7.90. The lowest BCUT2D eigenvalue weighted by molar-refractivity contribution is -0.137. The average Bonchev–Trinajstić information content (AvgIpc) is 3.46. The molecule has 0 bridgehead atoms. The van der Waals surface area contributed by atoms with Crippen molar-refractivity contribution < 1.29 is 18.0 Å². The molecule has 11 heteroatoms. The van der Waals surface area contributed by atoms with Gasteiger partial charge < -0.3 is 5.32 Å². The van der Waals surface area contributed by atoms with E-state index in [4.69, 9.17) is 0 Å². The normalized spacial score (nSPS) is 12.2. The molecule has 4 aromatic rings. The van der Waals surface area contributed by atoms with Gasteiger partial charge in [0.15, 0.2) is 5.82 Å². The number of carbonyl (C=O) groups is 1. The third kappa shape index (κ3) is 4.42. The first-order valence-corrected chi connectivity index (χ1v) is 10.5. The zero-order valence-corrected chi connectivity index (χ0v) is 18.2. The number of anilines is 1. The molecule has 1 aromatic carbocycles. The maximum absolute atomic E-state index is 13.2. The van der Waals surface area contributed by atoms with Gasteiger partial charge >= 0.3 is 6.18 Å². The lowest BCUT2D eigenvalue weighted by Gasteiger charge is -2.18. The lowest BCUT2D eigenvalue weighted by Crippen LogP contribution is -2.22. The summed E-state index contributed by atoms with van der Waals surface area (Å²) in [6.45, 7) is 5.91. The van der Waals surface area contributed by atoms with E-state index in [0.717, 1.165) is 12.1 Å². The highest BCUT2D eigenvalue weighted by molar-refractivity contribution is 7.13. The topological polar surface area (TPSA) is 77.6 Å². The van der Waals surface area contributed by atoms with Gasteiger partial charge in [-0.1, -0.05) is 12.1 Å². The molecule has 32 heavy (non-hydrogen) atoms. The molecule has 0 radical (unpaired) electrons. The predicted octanol–water partition coefficient (Wildman–Crippen LogP) is 5.22. The van der Waals surface area contributed by atoms with Gasteiger partial charge in [-0.3, -0.25) is 9.48 Å². The zero-order chi connectivity index (χ0) is 23.1. The molecule has 0 atom stereocenters. The van der Waals surface area contributed by atoms with E-state index in [-0.39, 0.29) is 22.9 Å². The highest BCUT2D eigenvalue weighted by Gasteiger charge is 2.31. The molecule has 3 aromatic heterocycles. The summed E-state index contributed by atoms with van der Waals surface area (Å²) in [5.74, 6) is -0.494. The van der Waals surface area contributed by atoms with Crippen molar-refractivity contribution in [1.82, 2.24) is 24.5 Å². The Morgan fingerprint density at radius 1 is 1.12 bits per heavy atom. The summed E-state index contributed by atoms with van der Waals surface area (Å²) in [4.78, 5) is 17.8. The van der Waals surface area contributed by atoms with Gasteiger partial charge in [0.25, 0.3) is 5.91 Å². The van der Waals surface area contributed by atoms with Crippen molar-refractivity contribution in [2.75, 3.05) is 5.32 Å². The molecular formula is C21H19F3N6OS. The number of amides is 1. The number of benzene rings is 1. The van der Waals surface area contributed by atoms with Crippen LogP contribution in [-0.4, -0.2) is 30.5 Å².